The molecule has 1 fully saturated rings. The Morgan fingerprint density at radius 1 is 0.964 bits per heavy atom. The van der Waals surface area contributed by atoms with Gasteiger partial charge in [0.05, 0.1) is 10.6 Å². The van der Waals surface area contributed by atoms with Crippen LogP contribution in [0.1, 0.15) is 15.9 Å². The summed E-state index contributed by atoms with van der Waals surface area (Å²) in [7, 11) is -4.23. The van der Waals surface area contributed by atoms with Gasteiger partial charge < -0.3 is 4.90 Å². The molecule has 0 aliphatic carbocycles. The molecule has 1 aliphatic heterocycles. The molecule has 10 heteroatoms. The summed E-state index contributed by atoms with van der Waals surface area (Å²) in [6, 6.07) is 10.7. The Morgan fingerprint density at radius 2 is 1.57 bits per heavy atom. The summed E-state index contributed by atoms with van der Waals surface area (Å²) < 4.78 is 65.5. The number of carbonyl (C=O) groups is 1. The summed E-state index contributed by atoms with van der Waals surface area (Å²) in [4.78, 5) is 13.4. The fourth-order valence-electron chi connectivity index (χ4n) is 2.91. The van der Waals surface area contributed by atoms with Crippen molar-refractivity contribution in [2.45, 2.75) is 11.1 Å². The maximum absolute atomic E-state index is 12.9. The van der Waals surface area contributed by atoms with E-state index in [4.69, 9.17) is 11.6 Å². The molecule has 1 heterocycles. The second-order valence-electron chi connectivity index (χ2n) is 6.21. The van der Waals surface area contributed by atoms with Gasteiger partial charge in [0, 0.05) is 31.7 Å². The van der Waals surface area contributed by atoms with Crippen LogP contribution < -0.4 is 0 Å². The monoisotopic (exact) mass is 432 g/mol. The fourth-order valence-corrected chi connectivity index (χ4v) is 4.83. The van der Waals surface area contributed by atoms with Gasteiger partial charge >= 0.3 is 6.18 Å². The van der Waals surface area contributed by atoms with E-state index < -0.39 is 26.7 Å². The van der Waals surface area contributed by atoms with Crippen molar-refractivity contribution in [3.05, 3.63) is 64.7 Å². The van der Waals surface area contributed by atoms with Gasteiger partial charge in [-0.2, -0.15) is 17.5 Å². The molecule has 0 bridgehead atoms. The highest BCUT2D eigenvalue weighted by molar-refractivity contribution is 7.89. The number of hydrogen-bond donors (Lipinski definition) is 0. The van der Waals surface area contributed by atoms with Crippen molar-refractivity contribution in [2.75, 3.05) is 26.2 Å². The highest BCUT2D eigenvalue weighted by Gasteiger charge is 2.36. The van der Waals surface area contributed by atoms with Crippen LogP contribution in [0.2, 0.25) is 5.02 Å². The molecule has 1 aliphatic rings. The topological polar surface area (TPSA) is 57.7 Å². The quantitative estimate of drug-likeness (QED) is 0.745. The van der Waals surface area contributed by atoms with E-state index in [2.05, 4.69) is 0 Å². The van der Waals surface area contributed by atoms with Crippen molar-refractivity contribution in [2.24, 2.45) is 0 Å². The molecule has 28 heavy (non-hydrogen) atoms. The summed E-state index contributed by atoms with van der Waals surface area (Å²) in [5.41, 5.74) is -0.604. The lowest BCUT2D eigenvalue weighted by atomic mass is 10.2. The third kappa shape index (κ3) is 4.16. The highest BCUT2D eigenvalue weighted by atomic mass is 35.5. The second-order valence-corrected chi connectivity index (χ2v) is 8.52. The van der Waals surface area contributed by atoms with Crippen LogP contribution in [0.5, 0.6) is 0 Å². The number of alkyl halides is 3. The predicted octanol–water partition coefficient (Wildman–Crippen LogP) is 3.51. The van der Waals surface area contributed by atoms with Gasteiger partial charge in [-0.25, -0.2) is 8.42 Å². The normalized spacial score (nSPS) is 16.2. The van der Waals surface area contributed by atoms with E-state index in [1.54, 1.807) is 30.3 Å². The van der Waals surface area contributed by atoms with Crippen LogP contribution in [-0.4, -0.2) is 49.7 Å². The predicted molar refractivity (Wildman–Crippen MR) is 97.6 cm³/mol. The zero-order valence-corrected chi connectivity index (χ0v) is 16.1. The van der Waals surface area contributed by atoms with E-state index in [0.29, 0.717) is 11.6 Å². The molecule has 0 saturated carbocycles. The Hall–Kier alpha value is -2.10. The van der Waals surface area contributed by atoms with Crippen LogP contribution in [0.15, 0.2) is 53.4 Å². The summed E-state index contributed by atoms with van der Waals surface area (Å²) in [5.74, 6) is -0.227. The van der Waals surface area contributed by atoms with Gasteiger partial charge in [-0.05, 0) is 30.3 Å². The van der Waals surface area contributed by atoms with Crippen molar-refractivity contribution in [3.63, 3.8) is 0 Å². The van der Waals surface area contributed by atoms with Gasteiger partial charge in [0.1, 0.15) is 4.90 Å². The van der Waals surface area contributed by atoms with Crippen LogP contribution in [0.3, 0.4) is 0 Å². The number of carbonyl (C=O) groups excluding carboxylic acids is 1. The lowest BCUT2D eigenvalue weighted by molar-refractivity contribution is -0.137. The largest absolute Gasteiger partial charge is 0.416 e. The average molecular weight is 433 g/mol. The highest BCUT2D eigenvalue weighted by Crippen LogP contribution is 2.34. The molecule has 0 radical (unpaired) electrons. The molecule has 0 atom stereocenters. The second kappa shape index (κ2) is 7.73. The first-order chi connectivity index (χ1) is 13.1. The number of benzene rings is 2. The Morgan fingerprint density at radius 3 is 2.14 bits per heavy atom. The van der Waals surface area contributed by atoms with Crippen LogP contribution in [-0.2, 0) is 16.2 Å². The molecule has 1 amide bonds. The zero-order chi connectivity index (χ0) is 20.5. The van der Waals surface area contributed by atoms with Gasteiger partial charge in [-0.1, -0.05) is 29.8 Å². The molecule has 2 aromatic rings. The van der Waals surface area contributed by atoms with Crippen molar-refractivity contribution in [1.82, 2.24) is 9.21 Å². The zero-order valence-electron chi connectivity index (χ0n) is 14.5. The third-order valence-corrected chi connectivity index (χ3v) is 6.80. The molecule has 2 aromatic carbocycles. The number of sulfonamides is 1. The lowest BCUT2D eigenvalue weighted by Gasteiger charge is -2.34. The van der Waals surface area contributed by atoms with E-state index in [0.717, 1.165) is 16.4 Å². The minimum Gasteiger partial charge on any atom is -0.336 e. The molecule has 0 N–H and O–H groups in total. The Labute approximate surface area is 165 Å². The molecule has 0 aromatic heterocycles. The maximum atomic E-state index is 12.9. The number of halogens is 4. The average Bonchev–Trinajstić information content (AvgIpc) is 2.67. The Balaban J connectivity index is 1.78. The van der Waals surface area contributed by atoms with Crippen LogP contribution in [0.25, 0.3) is 0 Å². The van der Waals surface area contributed by atoms with Crippen molar-refractivity contribution in [3.8, 4) is 0 Å². The third-order valence-electron chi connectivity index (χ3n) is 4.42. The molecular formula is C18H16ClF3N2O3S. The minimum atomic E-state index is -4.68. The minimum absolute atomic E-state index is 0.0342. The number of piperazine rings is 1. The summed E-state index contributed by atoms with van der Waals surface area (Å²) >= 11 is 5.87. The first kappa shape index (κ1) is 20.6. The molecule has 0 unspecified atom stereocenters. The molecule has 5 nitrogen and oxygen atoms in total. The van der Waals surface area contributed by atoms with Crippen molar-refractivity contribution < 1.29 is 26.4 Å². The van der Waals surface area contributed by atoms with E-state index in [1.165, 1.54) is 4.90 Å². The van der Waals surface area contributed by atoms with Crippen LogP contribution in [0.4, 0.5) is 13.2 Å². The van der Waals surface area contributed by atoms with Gasteiger partial charge in [0.25, 0.3) is 5.91 Å². The van der Waals surface area contributed by atoms with E-state index in [-0.39, 0.29) is 37.1 Å². The van der Waals surface area contributed by atoms with Gasteiger partial charge in [-0.3, -0.25) is 4.79 Å². The van der Waals surface area contributed by atoms with Crippen LogP contribution >= 0.6 is 11.6 Å². The number of hydrogen-bond acceptors (Lipinski definition) is 3. The SMILES string of the molecule is O=C(c1ccccc1)N1CCN(S(=O)(=O)c2cc(C(F)(F)F)ccc2Cl)CC1. The Kier molecular flexibility index (Phi) is 5.69. The number of amides is 1. The van der Waals surface area contributed by atoms with Crippen molar-refractivity contribution >= 4 is 27.5 Å². The summed E-state index contributed by atoms with van der Waals surface area (Å²) in [6.07, 6.45) is -4.68. The first-order valence-electron chi connectivity index (χ1n) is 8.32. The fraction of sp³-hybridized carbons (Fsp3) is 0.278. The first-order valence-corrected chi connectivity index (χ1v) is 10.1. The summed E-state index contributed by atoms with van der Waals surface area (Å²) in [5, 5.41) is -0.282. The van der Waals surface area contributed by atoms with E-state index >= 15 is 0 Å². The number of rotatable bonds is 3. The Bertz CT molecular complexity index is 973. The van der Waals surface area contributed by atoms with Gasteiger partial charge in [-0.15, -0.1) is 0 Å². The van der Waals surface area contributed by atoms with E-state index in [9.17, 15) is 26.4 Å². The van der Waals surface area contributed by atoms with Gasteiger partial charge in [0.2, 0.25) is 10.0 Å². The van der Waals surface area contributed by atoms with Gasteiger partial charge in [0.15, 0.2) is 0 Å². The molecule has 150 valence electrons. The smallest absolute Gasteiger partial charge is 0.336 e. The molecule has 0 spiro atoms. The summed E-state index contributed by atoms with van der Waals surface area (Å²) in [6.45, 7) is 0.189. The maximum Gasteiger partial charge on any atom is 0.416 e. The van der Waals surface area contributed by atoms with E-state index in [1.807, 2.05) is 0 Å². The molecule has 3 rings (SSSR count). The van der Waals surface area contributed by atoms with Crippen LogP contribution in [0, 0.1) is 0 Å². The van der Waals surface area contributed by atoms with Crippen molar-refractivity contribution in [1.29, 1.82) is 0 Å². The standard InChI is InChI=1S/C18H16ClF3N2O3S/c19-15-7-6-14(18(20,21)22)12-16(15)28(26,27)24-10-8-23(9-11-24)17(25)13-4-2-1-3-5-13/h1-7,12H,8-11H2. The molecule has 1 saturated heterocycles. The number of nitrogens with zero attached hydrogens (tertiary/aromatic N) is 2. The lowest BCUT2D eigenvalue weighted by Crippen LogP contribution is -2.50. The molecular weight excluding hydrogens is 417 g/mol.